The van der Waals surface area contributed by atoms with Gasteiger partial charge in [-0.15, -0.1) is 0 Å². The van der Waals surface area contributed by atoms with Gasteiger partial charge in [0.2, 0.25) is 11.8 Å². The minimum atomic E-state index is -0.129. The van der Waals surface area contributed by atoms with Crippen molar-refractivity contribution in [3.05, 3.63) is 53.0 Å². The van der Waals surface area contributed by atoms with Crippen molar-refractivity contribution in [3.8, 4) is 0 Å². The van der Waals surface area contributed by atoms with Crippen molar-refractivity contribution in [3.63, 3.8) is 0 Å². The van der Waals surface area contributed by atoms with Crippen molar-refractivity contribution in [2.75, 3.05) is 28.6 Å². The van der Waals surface area contributed by atoms with Crippen LogP contribution < -0.4 is 15.5 Å². The van der Waals surface area contributed by atoms with E-state index in [9.17, 15) is 9.59 Å². The van der Waals surface area contributed by atoms with E-state index in [0.717, 1.165) is 28.8 Å². The third-order valence-corrected chi connectivity index (χ3v) is 4.54. The van der Waals surface area contributed by atoms with Crippen LogP contribution in [-0.4, -0.2) is 24.9 Å². The van der Waals surface area contributed by atoms with Crippen molar-refractivity contribution in [2.45, 2.75) is 12.8 Å². The SMILES string of the molecule is O=C(CNc1ccccc1Br)Nc1ccc(N2CCCC2=O)cc1. The van der Waals surface area contributed by atoms with Crippen molar-refractivity contribution in [1.29, 1.82) is 0 Å². The van der Waals surface area contributed by atoms with Gasteiger partial charge in [-0.1, -0.05) is 12.1 Å². The van der Waals surface area contributed by atoms with Crippen molar-refractivity contribution >= 4 is 44.8 Å². The number of nitrogens with one attached hydrogen (secondary N) is 2. The summed E-state index contributed by atoms with van der Waals surface area (Å²) in [6.07, 6.45) is 1.51. The molecule has 0 saturated carbocycles. The molecule has 0 aromatic heterocycles. The van der Waals surface area contributed by atoms with E-state index >= 15 is 0 Å². The average Bonchev–Trinajstić information content (AvgIpc) is 3.01. The number of amides is 2. The highest BCUT2D eigenvalue weighted by atomic mass is 79.9. The molecule has 6 heteroatoms. The second kappa shape index (κ2) is 7.49. The van der Waals surface area contributed by atoms with Crippen molar-refractivity contribution in [1.82, 2.24) is 0 Å². The van der Waals surface area contributed by atoms with E-state index in [-0.39, 0.29) is 18.4 Å². The summed E-state index contributed by atoms with van der Waals surface area (Å²) in [5.74, 6) is 0.0279. The highest BCUT2D eigenvalue weighted by Gasteiger charge is 2.21. The molecule has 2 amide bonds. The van der Waals surface area contributed by atoms with Gasteiger partial charge in [-0.25, -0.2) is 0 Å². The monoisotopic (exact) mass is 387 g/mol. The van der Waals surface area contributed by atoms with Gasteiger partial charge in [0.1, 0.15) is 0 Å². The maximum absolute atomic E-state index is 12.0. The third kappa shape index (κ3) is 3.94. The molecule has 3 rings (SSSR count). The van der Waals surface area contributed by atoms with Gasteiger partial charge in [-0.2, -0.15) is 0 Å². The summed E-state index contributed by atoms with van der Waals surface area (Å²) in [4.78, 5) is 25.5. The molecule has 1 aliphatic heterocycles. The molecule has 124 valence electrons. The number of carbonyl (C=O) groups is 2. The second-order valence-electron chi connectivity index (χ2n) is 5.58. The van der Waals surface area contributed by atoms with E-state index in [0.29, 0.717) is 12.1 Å². The zero-order chi connectivity index (χ0) is 16.9. The summed E-state index contributed by atoms with van der Waals surface area (Å²) in [7, 11) is 0. The Bertz CT molecular complexity index is 746. The molecule has 0 aliphatic carbocycles. The molecule has 1 saturated heterocycles. The largest absolute Gasteiger partial charge is 0.375 e. The van der Waals surface area contributed by atoms with Crippen LogP contribution in [0.25, 0.3) is 0 Å². The molecule has 2 N–H and O–H groups in total. The first-order valence-corrected chi connectivity index (χ1v) is 8.61. The third-order valence-electron chi connectivity index (χ3n) is 3.85. The van der Waals surface area contributed by atoms with E-state index in [4.69, 9.17) is 0 Å². The summed E-state index contributed by atoms with van der Waals surface area (Å²) < 4.78 is 0.914. The number of nitrogens with zero attached hydrogens (tertiary/aromatic N) is 1. The molecular formula is C18H18BrN3O2. The number of anilines is 3. The molecule has 5 nitrogen and oxygen atoms in total. The molecule has 0 spiro atoms. The van der Waals surface area contributed by atoms with Crippen LogP contribution in [0.15, 0.2) is 53.0 Å². The molecule has 0 unspecified atom stereocenters. The Morgan fingerprint density at radius 2 is 1.88 bits per heavy atom. The van der Waals surface area contributed by atoms with Crippen LogP contribution in [0, 0.1) is 0 Å². The quantitative estimate of drug-likeness (QED) is 0.823. The highest BCUT2D eigenvalue weighted by molar-refractivity contribution is 9.10. The van der Waals surface area contributed by atoms with Gasteiger partial charge in [0.15, 0.2) is 0 Å². The van der Waals surface area contributed by atoms with E-state index in [1.165, 1.54) is 0 Å². The predicted molar refractivity (Wildman–Crippen MR) is 99.3 cm³/mol. The van der Waals surface area contributed by atoms with Crippen LogP contribution in [0.5, 0.6) is 0 Å². The van der Waals surface area contributed by atoms with Crippen LogP contribution in [0.3, 0.4) is 0 Å². The first-order chi connectivity index (χ1) is 11.6. The number of hydrogen-bond acceptors (Lipinski definition) is 3. The summed E-state index contributed by atoms with van der Waals surface area (Å²) >= 11 is 3.43. The first-order valence-electron chi connectivity index (χ1n) is 7.82. The number of benzene rings is 2. The Kier molecular flexibility index (Phi) is 5.15. The Hall–Kier alpha value is -2.34. The molecule has 1 aliphatic rings. The zero-order valence-corrected chi connectivity index (χ0v) is 14.7. The summed E-state index contributed by atoms with van der Waals surface area (Å²) in [6.45, 7) is 0.940. The van der Waals surface area contributed by atoms with E-state index < -0.39 is 0 Å². The van der Waals surface area contributed by atoms with Crippen LogP contribution in [0.2, 0.25) is 0 Å². The maximum atomic E-state index is 12.0. The smallest absolute Gasteiger partial charge is 0.243 e. The lowest BCUT2D eigenvalue weighted by Crippen LogP contribution is -2.24. The number of halogens is 1. The van der Waals surface area contributed by atoms with Gasteiger partial charge in [-0.05, 0) is 58.7 Å². The van der Waals surface area contributed by atoms with Crippen LogP contribution in [-0.2, 0) is 9.59 Å². The Labute approximate surface area is 149 Å². The molecule has 1 heterocycles. The lowest BCUT2D eigenvalue weighted by molar-refractivity contribution is -0.117. The summed E-state index contributed by atoms with van der Waals surface area (Å²) in [6, 6.07) is 15.0. The highest BCUT2D eigenvalue weighted by Crippen LogP contribution is 2.23. The fraction of sp³-hybridized carbons (Fsp3) is 0.222. The molecular weight excluding hydrogens is 370 g/mol. The maximum Gasteiger partial charge on any atom is 0.243 e. The number of rotatable bonds is 5. The van der Waals surface area contributed by atoms with Gasteiger partial charge in [0.05, 0.1) is 6.54 Å². The molecule has 24 heavy (non-hydrogen) atoms. The number of hydrogen-bond donors (Lipinski definition) is 2. The van der Waals surface area contributed by atoms with Gasteiger partial charge >= 0.3 is 0 Å². The molecule has 2 aromatic rings. The van der Waals surface area contributed by atoms with Crippen molar-refractivity contribution < 1.29 is 9.59 Å². The second-order valence-corrected chi connectivity index (χ2v) is 6.43. The van der Waals surface area contributed by atoms with Crippen LogP contribution in [0.4, 0.5) is 17.1 Å². The molecule has 2 aromatic carbocycles. The molecule has 0 bridgehead atoms. The zero-order valence-electron chi connectivity index (χ0n) is 13.1. The topological polar surface area (TPSA) is 61.4 Å². The Morgan fingerprint density at radius 3 is 2.54 bits per heavy atom. The first kappa shape index (κ1) is 16.5. The van der Waals surface area contributed by atoms with E-state index in [1.807, 2.05) is 48.5 Å². The minimum Gasteiger partial charge on any atom is -0.375 e. The van der Waals surface area contributed by atoms with Crippen molar-refractivity contribution in [2.24, 2.45) is 0 Å². The lowest BCUT2D eigenvalue weighted by atomic mass is 10.2. The number of para-hydroxylation sites is 1. The number of carbonyl (C=O) groups excluding carboxylic acids is 2. The van der Waals surface area contributed by atoms with Gasteiger partial charge < -0.3 is 15.5 Å². The normalized spacial score (nSPS) is 13.9. The molecule has 0 atom stereocenters. The van der Waals surface area contributed by atoms with Crippen LogP contribution >= 0.6 is 15.9 Å². The standard InChI is InChI=1S/C18H18BrN3O2/c19-15-4-1-2-5-16(15)20-12-17(23)21-13-7-9-14(10-8-13)22-11-3-6-18(22)24/h1-2,4-5,7-10,20H,3,6,11-12H2,(H,21,23). The summed E-state index contributed by atoms with van der Waals surface area (Å²) in [5, 5.41) is 5.92. The predicted octanol–water partition coefficient (Wildman–Crippen LogP) is 3.63. The fourth-order valence-corrected chi connectivity index (χ4v) is 3.06. The molecule has 1 fully saturated rings. The Morgan fingerprint density at radius 1 is 1.12 bits per heavy atom. The average molecular weight is 388 g/mol. The fourth-order valence-electron chi connectivity index (χ4n) is 2.63. The van der Waals surface area contributed by atoms with Gasteiger partial charge in [0.25, 0.3) is 0 Å². The van der Waals surface area contributed by atoms with Gasteiger partial charge in [-0.3, -0.25) is 9.59 Å². The lowest BCUT2D eigenvalue weighted by Gasteiger charge is -2.16. The summed E-state index contributed by atoms with van der Waals surface area (Å²) in [5.41, 5.74) is 2.46. The van der Waals surface area contributed by atoms with Crippen LogP contribution in [0.1, 0.15) is 12.8 Å². The van der Waals surface area contributed by atoms with Gasteiger partial charge in [0, 0.05) is 34.5 Å². The van der Waals surface area contributed by atoms with E-state index in [1.54, 1.807) is 4.90 Å². The minimum absolute atomic E-state index is 0.129. The Balaban J connectivity index is 1.55. The van der Waals surface area contributed by atoms with E-state index in [2.05, 4.69) is 26.6 Å². The molecule has 0 radical (unpaired) electrons.